The van der Waals surface area contributed by atoms with Gasteiger partial charge in [-0.2, -0.15) is 18.3 Å². The first-order chi connectivity index (χ1) is 15.1. The van der Waals surface area contributed by atoms with E-state index in [9.17, 15) is 13.2 Å². The molecule has 3 N–H and O–H groups in total. The molecule has 0 unspecified atom stereocenters. The first-order valence-electron chi connectivity index (χ1n) is 10.2. The largest absolute Gasteiger partial charge is 0.433 e. The highest BCUT2D eigenvalue weighted by Crippen LogP contribution is 2.35. The van der Waals surface area contributed by atoms with Crippen LogP contribution in [-0.2, 0) is 10.9 Å². The fraction of sp³-hybridized carbons (Fsp3) is 0.429. The van der Waals surface area contributed by atoms with Crippen molar-refractivity contribution >= 4 is 28.2 Å². The van der Waals surface area contributed by atoms with Crippen molar-refractivity contribution in [3.05, 3.63) is 40.8 Å². The molecule has 11 heteroatoms. The number of aryl methyl sites for hydroxylation is 1. The van der Waals surface area contributed by atoms with Crippen molar-refractivity contribution in [2.45, 2.75) is 33.0 Å². The van der Waals surface area contributed by atoms with Crippen LogP contribution in [0, 0.1) is 13.8 Å². The van der Waals surface area contributed by atoms with Crippen LogP contribution >= 0.6 is 0 Å². The predicted octanol–water partition coefficient (Wildman–Crippen LogP) is 3.65. The molecule has 0 aromatic carbocycles. The lowest BCUT2D eigenvalue weighted by molar-refractivity contribution is -0.141. The van der Waals surface area contributed by atoms with Gasteiger partial charge in [0, 0.05) is 30.1 Å². The van der Waals surface area contributed by atoms with Crippen molar-refractivity contribution in [3.8, 4) is 0 Å². The highest BCUT2D eigenvalue weighted by atomic mass is 19.4. The fourth-order valence-electron chi connectivity index (χ4n) is 3.89. The van der Waals surface area contributed by atoms with E-state index in [1.165, 1.54) is 13.0 Å². The molecule has 0 radical (unpaired) electrons. The van der Waals surface area contributed by atoms with Crippen molar-refractivity contribution in [1.29, 1.82) is 0 Å². The smallest absolute Gasteiger partial charge is 0.384 e. The molecule has 1 fully saturated rings. The first-order valence-corrected chi connectivity index (χ1v) is 10.2. The molecule has 4 rings (SSSR count). The van der Waals surface area contributed by atoms with Gasteiger partial charge in [0.1, 0.15) is 17.3 Å². The van der Waals surface area contributed by atoms with Crippen molar-refractivity contribution < 1.29 is 17.9 Å². The molecule has 0 amide bonds. The quantitative estimate of drug-likeness (QED) is 0.625. The number of pyridine rings is 2. The van der Waals surface area contributed by atoms with Gasteiger partial charge in [0.2, 0.25) is 0 Å². The summed E-state index contributed by atoms with van der Waals surface area (Å²) in [5.41, 5.74) is 5.81. The third kappa shape index (κ3) is 4.24. The monoisotopic (exact) mass is 447 g/mol. The van der Waals surface area contributed by atoms with Crippen molar-refractivity contribution in [2.75, 3.05) is 42.3 Å². The Bertz CT molecular complexity index is 1150. The summed E-state index contributed by atoms with van der Waals surface area (Å²) in [7, 11) is 0. The molecule has 0 aliphatic carbocycles. The Morgan fingerprint density at radius 2 is 1.84 bits per heavy atom. The number of halogens is 3. The normalized spacial score (nSPS) is 15.8. The number of aromatic nitrogens is 4. The van der Waals surface area contributed by atoms with Gasteiger partial charge in [-0.3, -0.25) is 0 Å². The molecule has 0 spiro atoms. The number of fused-ring (bicyclic) bond motifs is 1. The molecule has 1 saturated heterocycles. The summed E-state index contributed by atoms with van der Waals surface area (Å²) in [5.74, 6) is 1.05. The van der Waals surface area contributed by atoms with Crippen molar-refractivity contribution in [1.82, 2.24) is 20.2 Å². The summed E-state index contributed by atoms with van der Waals surface area (Å²) < 4.78 is 45.6. The second-order valence-corrected chi connectivity index (χ2v) is 7.80. The summed E-state index contributed by atoms with van der Waals surface area (Å²) >= 11 is 0. The minimum absolute atomic E-state index is 0.0201. The Kier molecular flexibility index (Phi) is 5.76. The summed E-state index contributed by atoms with van der Waals surface area (Å²) in [5, 5.41) is 13.3. The number of ether oxygens (including phenoxy) is 1. The predicted molar refractivity (Wildman–Crippen MR) is 116 cm³/mol. The maximum atomic E-state index is 13.4. The van der Waals surface area contributed by atoms with E-state index >= 15 is 0 Å². The number of hydrogen-bond donors (Lipinski definition) is 2. The lowest BCUT2D eigenvalue weighted by Crippen LogP contribution is -2.36. The van der Waals surface area contributed by atoms with Gasteiger partial charge < -0.3 is 20.7 Å². The van der Waals surface area contributed by atoms with Crippen molar-refractivity contribution in [2.24, 2.45) is 0 Å². The van der Waals surface area contributed by atoms with Crippen LogP contribution in [0.25, 0.3) is 10.8 Å². The second kappa shape index (κ2) is 8.38. The minimum atomic E-state index is -4.59. The highest BCUT2D eigenvalue weighted by Gasteiger charge is 2.36. The molecule has 0 saturated carbocycles. The Morgan fingerprint density at radius 1 is 1.12 bits per heavy atom. The molecular formula is C21H24F3N7O. The molecule has 32 heavy (non-hydrogen) atoms. The zero-order chi connectivity index (χ0) is 23.0. The Balaban J connectivity index is 1.73. The number of morpholine rings is 1. The SMILES string of the molecule is Cc1c([C@@H](C)Nc2nnc(C)c3cnc(N4CCOCC4)cc23)cc(N)nc1C(F)(F)F. The molecule has 1 aliphatic rings. The summed E-state index contributed by atoms with van der Waals surface area (Å²) in [6.45, 7) is 7.68. The Morgan fingerprint density at radius 3 is 2.53 bits per heavy atom. The van der Waals surface area contributed by atoms with Gasteiger partial charge in [-0.05, 0) is 44.0 Å². The number of nitrogens with one attached hydrogen (secondary N) is 1. The van der Waals surface area contributed by atoms with Crippen LogP contribution in [-0.4, -0.2) is 46.5 Å². The second-order valence-electron chi connectivity index (χ2n) is 7.80. The molecule has 4 heterocycles. The van der Waals surface area contributed by atoms with Crippen LogP contribution < -0.4 is 16.0 Å². The van der Waals surface area contributed by atoms with Crippen LogP contribution in [0.3, 0.4) is 0 Å². The maximum Gasteiger partial charge on any atom is 0.433 e. The summed E-state index contributed by atoms with van der Waals surface area (Å²) in [4.78, 5) is 10.2. The Hall–Kier alpha value is -3.21. The van der Waals surface area contributed by atoms with Crippen LogP contribution in [0.15, 0.2) is 18.3 Å². The molecular weight excluding hydrogens is 423 g/mol. The number of nitrogens with two attached hydrogens (primary N) is 1. The summed E-state index contributed by atoms with van der Waals surface area (Å²) in [6, 6.07) is 2.85. The average Bonchev–Trinajstić information content (AvgIpc) is 2.76. The first kappa shape index (κ1) is 22.0. The minimum Gasteiger partial charge on any atom is -0.384 e. The molecule has 8 nitrogen and oxygen atoms in total. The molecule has 3 aromatic heterocycles. The molecule has 1 atom stereocenters. The number of anilines is 3. The molecule has 0 bridgehead atoms. The van der Waals surface area contributed by atoms with E-state index in [4.69, 9.17) is 10.5 Å². The number of nitrogen functional groups attached to an aromatic ring is 1. The molecule has 170 valence electrons. The van der Waals surface area contributed by atoms with E-state index < -0.39 is 17.9 Å². The van der Waals surface area contributed by atoms with Crippen molar-refractivity contribution in [3.63, 3.8) is 0 Å². The van der Waals surface area contributed by atoms with Gasteiger partial charge >= 0.3 is 6.18 Å². The van der Waals surface area contributed by atoms with E-state index in [1.807, 2.05) is 13.0 Å². The molecule has 3 aromatic rings. The number of nitrogens with zero attached hydrogens (tertiary/aromatic N) is 5. The number of alkyl halides is 3. The third-order valence-electron chi connectivity index (χ3n) is 5.59. The number of rotatable bonds is 4. The van der Waals surface area contributed by atoms with E-state index in [1.54, 1.807) is 13.1 Å². The van der Waals surface area contributed by atoms with Gasteiger partial charge in [0.05, 0.1) is 24.9 Å². The van der Waals surface area contributed by atoms with E-state index in [0.717, 1.165) is 29.7 Å². The van der Waals surface area contributed by atoms with Crippen LogP contribution in [0.2, 0.25) is 0 Å². The van der Waals surface area contributed by atoms with Gasteiger partial charge in [0.15, 0.2) is 5.82 Å². The zero-order valence-electron chi connectivity index (χ0n) is 18.0. The van der Waals surface area contributed by atoms with Gasteiger partial charge in [-0.25, -0.2) is 9.97 Å². The number of hydrogen-bond acceptors (Lipinski definition) is 8. The van der Waals surface area contributed by atoms with Gasteiger partial charge in [-0.15, -0.1) is 5.10 Å². The topological polar surface area (TPSA) is 102 Å². The lowest BCUT2D eigenvalue weighted by atomic mass is 10.0. The standard InChI is InChI=1S/C21H24F3N7O/c1-11-14(8-17(25)28-19(11)21(22,23)24)12(2)27-20-15-9-18(31-4-6-32-7-5-31)26-10-16(15)13(3)29-30-20/h8-10,12H,4-7H2,1-3H3,(H2,25,28)(H,27,30)/t12-/m1/s1. The van der Waals surface area contributed by atoms with E-state index in [-0.39, 0.29) is 11.4 Å². The fourth-order valence-corrected chi connectivity index (χ4v) is 3.89. The highest BCUT2D eigenvalue weighted by molar-refractivity contribution is 5.94. The summed E-state index contributed by atoms with van der Waals surface area (Å²) in [6.07, 6.45) is -2.85. The lowest BCUT2D eigenvalue weighted by Gasteiger charge is -2.28. The van der Waals surface area contributed by atoms with E-state index in [0.29, 0.717) is 30.3 Å². The molecule has 1 aliphatic heterocycles. The zero-order valence-corrected chi connectivity index (χ0v) is 18.0. The van der Waals surface area contributed by atoms with E-state index in [2.05, 4.69) is 30.4 Å². The maximum absolute atomic E-state index is 13.4. The van der Waals surface area contributed by atoms with Gasteiger partial charge in [-0.1, -0.05) is 0 Å². The van der Waals surface area contributed by atoms with Crippen LogP contribution in [0.1, 0.15) is 35.5 Å². The average molecular weight is 447 g/mol. The van der Waals surface area contributed by atoms with Crippen LogP contribution in [0.5, 0.6) is 0 Å². The van der Waals surface area contributed by atoms with Gasteiger partial charge in [0.25, 0.3) is 0 Å². The third-order valence-corrected chi connectivity index (χ3v) is 5.59. The van der Waals surface area contributed by atoms with Crippen LogP contribution in [0.4, 0.5) is 30.6 Å². The Labute approximate surface area is 183 Å².